The van der Waals surface area contributed by atoms with Crippen molar-refractivity contribution >= 4 is 17.5 Å². The fourth-order valence-electron chi connectivity index (χ4n) is 0.860. The van der Waals surface area contributed by atoms with Crippen molar-refractivity contribution < 1.29 is 9.59 Å². The monoisotopic (exact) mass is 180 g/mol. The molecule has 1 heterocycles. The number of hydrogen-bond donors (Lipinski definition) is 2. The molecule has 0 radical (unpaired) electrons. The number of nitrogens with zero attached hydrogens (tertiary/aromatic N) is 2. The maximum absolute atomic E-state index is 11.1. The summed E-state index contributed by atoms with van der Waals surface area (Å²) >= 11 is 0. The van der Waals surface area contributed by atoms with Crippen LogP contribution in [0.2, 0.25) is 0 Å². The summed E-state index contributed by atoms with van der Waals surface area (Å²) in [5.74, 6) is -0.599. The van der Waals surface area contributed by atoms with Crippen molar-refractivity contribution in [2.45, 2.75) is 12.8 Å². The van der Waals surface area contributed by atoms with Crippen LogP contribution >= 0.6 is 0 Å². The van der Waals surface area contributed by atoms with E-state index < -0.39 is 5.91 Å². The van der Waals surface area contributed by atoms with Gasteiger partial charge in [0.05, 0.1) is 6.07 Å². The van der Waals surface area contributed by atoms with Gasteiger partial charge < -0.3 is 5.32 Å². The first-order valence-corrected chi connectivity index (χ1v) is 3.74. The fourth-order valence-corrected chi connectivity index (χ4v) is 0.860. The van der Waals surface area contributed by atoms with Crippen molar-refractivity contribution in [2.75, 3.05) is 6.54 Å². The van der Waals surface area contributed by atoms with Gasteiger partial charge in [-0.25, -0.2) is 5.43 Å². The number of rotatable bonds is 2. The summed E-state index contributed by atoms with van der Waals surface area (Å²) in [6, 6.07) is 1.77. The van der Waals surface area contributed by atoms with Gasteiger partial charge in [0.25, 0.3) is 5.91 Å². The number of carbonyl (C=O) groups excluding carboxylic acids is 2. The molecule has 0 atom stereocenters. The van der Waals surface area contributed by atoms with E-state index in [1.165, 1.54) is 0 Å². The van der Waals surface area contributed by atoms with E-state index in [-0.39, 0.29) is 24.6 Å². The van der Waals surface area contributed by atoms with Crippen molar-refractivity contribution in [2.24, 2.45) is 5.10 Å². The molecular formula is C7H8N4O2. The van der Waals surface area contributed by atoms with Gasteiger partial charge in [-0.3, -0.25) is 9.59 Å². The molecule has 2 amide bonds. The standard InChI is InChI=1S/C7H8N4O2/c8-3-4-9-7(13)5-1-2-6(12)11-10-5/h1-2,4H2,(H,9,13)(H,11,12). The second-order valence-corrected chi connectivity index (χ2v) is 2.43. The zero-order valence-electron chi connectivity index (χ0n) is 6.83. The van der Waals surface area contributed by atoms with E-state index >= 15 is 0 Å². The molecule has 13 heavy (non-hydrogen) atoms. The van der Waals surface area contributed by atoms with Crippen molar-refractivity contribution in [3.05, 3.63) is 0 Å². The number of amides is 2. The van der Waals surface area contributed by atoms with Gasteiger partial charge in [-0.1, -0.05) is 0 Å². The second-order valence-electron chi connectivity index (χ2n) is 2.43. The van der Waals surface area contributed by atoms with E-state index in [4.69, 9.17) is 5.26 Å². The Balaban J connectivity index is 2.49. The molecule has 0 fully saturated rings. The largest absolute Gasteiger partial charge is 0.338 e. The lowest BCUT2D eigenvalue weighted by Gasteiger charge is -2.10. The molecule has 6 nitrogen and oxygen atoms in total. The minimum absolute atomic E-state index is 0.0498. The molecular weight excluding hydrogens is 172 g/mol. The predicted molar refractivity (Wildman–Crippen MR) is 43.4 cm³/mol. The number of nitriles is 1. The summed E-state index contributed by atoms with van der Waals surface area (Å²) in [7, 11) is 0. The van der Waals surface area contributed by atoms with Gasteiger partial charge in [0.2, 0.25) is 5.91 Å². The Morgan fingerprint density at radius 2 is 2.46 bits per heavy atom. The Bertz CT molecular complexity index is 302. The third kappa shape index (κ3) is 2.56. The summed E-state index contributed by atoms with van der Waals surface area (Å²) in [5.41, 5.74) is 2.45. The summed E-state index contributed by atoms with van der Waals surface area (Å²) in [5, 5.41) is 14.1. The molecule has 0 unspecified atom stereocenters. The molecule has 0 spiro atoms. The van der Waals surface area contributed by atoms with Gasteiger partial charge in [-0.05, 0) is 0 Å². The first kappa shape index (κ1) is 9.19. The molecule has 0 saturated carbocycles. The van der Waals surface area contributed by atoms with Crippen LogP contribution in [0.1, 0.15) is 12.8 Å². The van der Waals surface area contributed by atoms with Gasteiger partial charge in [0, 0.05) is 12.8 Å². The smallest absolute Gasteiger partial charge is 0.268 e. The van der Waals surface area contributed by atoms with Crippen molar-refractivity contribution in [3.63, 3.8) is 0 Å². The van der Waals surface area contributed by atoms with E-state index in [9.17, 15) is 9.59 Å². The van der Waals surface area contributed by atoms with Gasteiger partial charge >= 0.3 is 0 Å². The first-order chi connectivity index (χ1) is 6.24. The third-order valence-electron chi connectivity index (χ3n) is 1.49. The number of carbonyl (C=O) groups is 2. The highest BCUT2D eigenvalue weighted by Crippen LogP contribution is 1.98. The van der Waals surface area contributed by atoms with Crippen molar-refractivity contribution in [3.8, 4) is 6.07 Å². The lowest BCUT2D eigenvalue weighted by atomic mass is 10.2. The summed E-state index contributed by atoms with van der Waals surface area (Å²) in [4.78, 5) is 21.8. The highest BCUT2D eigenvalue weighted by molar-refractivity contribution is 6.39. The van der Waals surface area contributed by atoms with Crippen LogP contribution < -0.4 is 10.7 Å². The highest BCUT2D eigenvalue weighted by Gasteiger charge is 2.17. The molecule has 0 aromatic carbocycles. The lowest BCUT2D eigenvalue weighted by Crippen LogP contribution is -2.36. The van der Waals surface area contributed by atoms with Crippen LogP contribution in [0.15, 0.2) is 5.10 Å². The Hall–Kier alpha value is -1.90. The van der Waals surface area contributed by atoms with Crippen LogP contribution in [0.5, 0.6) is 0 Å². The normalized spacial score (nSPS) is 15.3. The van der Waals surface area contributed by atoms with Crippen LogP contribution in [0.4, 0.5) is 0 Å². The zero-order valence-corrected chi connectivity index (χ0v) is 6.83. The molecule has 1 aliphatic heterocycles. The van der Waals surface area contributed by atoms with Crippen LogP contribution in [0.3, 0.4) is 0 Å². The minimum Gasteiger partial charge on any atom is -0.338 e. The molecule has 0 aliphatic carbocycles. The Morgan fingerprint density at radius 3 is 3.00 bits per heavy atom. The molecule has 0 aromatic heterocycles. The maximum atomic E-state index is 11.1. The van der Waals surface area contributed by atoms with E-state index in [0.29, 0.717) is 6.42 Å². The van der Waals surface area contributed by atoms with Gasteiger partial charge in [-0.2, -0.15) is 10.4 Å². The second kappa shape index (κ2) is 4.21. The highest BCUT2D eigenvalue weighted by atomic mass is 16.2. The van der Waals surface area contributed by atoms with Gasteiger partial charge in [0.1, 0.15) is 12.3 Å². The van der Waals surface area contributed by atoms with Crippen molar-refractivity contribution in [1.29, 1.82) is 5.26 Å². The number of hydrogen-bond acceptors (Lipinski definition) is 4. The summed E-state index contributed by atoms with van der Waals surface area (Å²) < 4.78 is 0. The van der Waals surface area contributed by atoms with Gasteiger partial charge in [0.15, 0.2) is 0 Å². The van der Waals surface area contributed by atoms with E-state index in [0.717, 1.165) is 0 Å². The molecule has 0 saturated heterocycles. The first-order valence-electron chi connectivity index (χ1n) is 3.74. The van der Waals surface area contributed by atoms with Crippen molar-refractivity contribution in [1.82, 2.24) is 10.7 Å². The predicted octanol–water partition coefficient (Wildman–Crippen LogP) is -1.11. The molecule has 1 aliphatic rings. The summed E-state index contributed by atoms with van der Waals surface area (Å²) in [6.07, 6.45) is 0.585. The molecule has 68 valence electrons. The van der Waals surface area contributed by atoms with Gasteiger partial charge in [-0.15, -0.1) is 0 Å². The van der Waals surface area contributed by atoms with Crippen LogP contribution in [0.25, 0.3) is 0 Å². The van der Waals surface area contributed by atoms with Crippen LogP contribution in [-0.2, 0) is 9.59 Å². The SMILES string of the molecule is N#CCNC(=O)C1=NNC(=O)CC1. The quantitative estimate of drug-likeness (QED) is 0.527. The average molecular weight is 180 g/mol. The fraction of sp³-hybridized carbons (Fsp3) is 0.429. The zero-order chi connectivity index (χ0) is 9.68. The van der Waals surface area contributed by atoms with E-state index in [1.807, 2.05) is 0 Å². The topological polar surface area (TPSA) is 94.3 Å². The van der Waals surface area contributed by atoms with E-state index in [1.54, 1.807) is 6.07 Å². The molecule has 1 rings (SSSR count). The Kier molecular flexibility index (Phi) is 2.97. The summed E-state index contributed by atoms with van der Waals surface area (Å²) in [6.45, 7) is -0.0498. The number of hydrazone groups is 1. The Labute approximate surface area is 74.6 Å². The molecule has 0 bridgehead atoms. The van der Waals surface area contributed by atoms with Crippen LogP contribution in [0, 0.1) is 11.3 Å². The molecule has 0 aromatic rings. The Morgan fingerprint density at radius 1 is 1.69 bits per heavy atom. The third-order valence-corrected chi connectivity index (χ3v) is 1.49. The average Bonchev–Trinajstić information content (AvgIpc) is 2.15. The maximum Gasteiger partial charge on any atom is 0.268 e. The van der Waals surface area contributed by atoms with Crippen LogP contribution in [-0.4, -0.2) is 24.1 Å². The molecule has 6 heteroatoms. The molecule has 2 N–H and O–H groups in total. The number of nitrogens with one attached hydrogen (secondary N) is 2. The minimum atomic E-state index is -0.401. The van der Waals surface area contributed by atoms with E-state index in [2.05, 4.69) is 15.8 Å². The lowest BCUT2D eigenvalue weighted by molar-refractivity contribution is -0.121.